The van der Waals surface area contributed by atoms with E-state index in [0.717, 1.165) is 0 Å². The molecule has 1 rings (SSSR count). The Morgan fingerprint density at radius 3 is 2.79 bits per heavy atom. The van der Waals surface area contributed by atoms with Gasteiger partial charge in [0.15, 0.2) is 0 Å². The van der Waals surface area contributed by atoms with Gasteiger partial charge in [-0.1, -0.05) is 0 Å². The number of carbonyl (C=O) groups excluding carboxylic acids is 1. The van der Waals surface area contributed by atoms with Crippen molar-refractivity contribution in [3.05, 3.63) is 9.91 Å². The first-order valence-corrected chi connectivity index (χ1v) is 10.8. The van der Waals surface area contributed by atoms with E-state index >= 15 is 0 Å². The van der Waals surface area contributed by atoms with E-state index in [2.05, 4.69) is 3.83 Å². The van der Waals surface area contributed by atoms with Crippen molar-refractivity contribution in [2.24, 2.45) is 0 Å². The third-order valence-electron chi connectivity index (χ3n) is 3.20. The van der Waals surface area contributed by atoms with Crippen LogP contribution in [-0.4, -0.2) is 38.3 Å². The monoisotopic (exact) mass is 298 g/mol. The van der Waals surface area contributed by atoms with Crippen LogP contribution in [0.4, 0.5) is 0 Å². The van der Waals surface area contributed by atoms with Crippen LogP contribution in [0.3, 0.4) is 0 Å². The van der Waals surface area contributed by atoms with Crippen molar-refractivity contribution < 1.29 is 14.7 Å². The van der Waals surface area contributed by atoms with Crippen molar-refractivity contribution in [1.82, 2.24) is 0 Å². The number of ketones is 1. The van der Waals surface area contributed by atoms with Gasteiger partial charge in [-0.15, -0.1) is 0 Å². The zero-order valence-corrected chi connectivity index (χ0v) is 11.9. The van der Waals surface area contributed by atoms with E-state index in [1.807, 2.05) is 13.0 Å². The molecular weight excluding hydrogens is 283 g/mol. The molecule has 0 radical (unpaired) electrons. The summed E-state index contributed by atoms with van der Waals surface area (Å²) in [6, 6.07) is 0. The van der Waals surface area contributed by atoms with Gasteiger partial charge in [-0.3, -0.25) is 0 Å². The van der Waals surface area contributed by atoms with E-state index in [4.69, 9.17) is 0 Å². The molecule has 0 fully saturated rings. The molecule has 0 bridgehead atoms. The number of allylic oxidation sites excluding steroid dienone is 1. The molecule has 1 atom stereocenters. The normalized spacial score (nSPS) is 20.7. The molecule has 0 spiro atoms. The summed E-state index contributed by atoms with van der Waals surface area (Å²) < 4.78 is 2.07. The summed E-state index contributed by atoms with van der Waals surface area (Å²) in [7, 11) is 0. The molecule has 0 saturated heterocycles. The Bertz CT molecular complexity index is 285. The summed E-state index contributed by atoms with van der Waals surface area (Å²) >= 11 is -2.35. The molecule has 76 valence electrons. The first kappa shape index (κ1) is 11.8. The van der Waals surface area contributed by atoms with Crippen molar-refractivity contribution in [3.63, 3.8) is 0 Å². The summed E-state index contributed by atoms with van der Waals surface area (Å²) in [6.07, 6.45) is 3.02. The van der Waals surface area contributed by atoms with E-state index in [9.17, 15) is 14.7 Å². The Balaban J connectivity index is 2.89. The van der Waals surface area contributed by atoms with Gasteiger partial charge >= 0.3 is 91.8 Å². The number of carboxylic acids is 1. The number of carboxylic acid groups (broad SMARTS) is 1. The Kier molecular flexibility index (Phi) is 3.81. The molecule has 14 heavy (non-hydrogen) atoms. The fraction of sp³-hybridized carbons (Fsp3) is 0.600. The average molecular weight is 298 g/mol. The minimum atomic E-state index is -2.35. The molecule has 0 aromatic rings. The van der Waals surface area contributed by atoms with Crippen LogP contribution in [0.2, 0.25) is 7.35 Å². The van der Waals surface area contributed by atoms with Gasteiger partial charge in [-0.25, -0.2) is 0 Å². The number of aliphatic carboxylic acids is 1. The second kappa shape index (κ2) is 4.51. The fourth-order valence-corrected chi connectivity index (χ4v) is 10.3. The molecule has 0 amide bonds. The van der Waals surface area contributed by atoms with Gasteiger partial charge in [-0.05, 0) is 0 Å². The van der Waals surface area contributed by atoms with Crippen molar-refractivity contribution in [3.8, 4) is 0 Å². The Hall–Kier alpha value is -0.250. The van der Waals surface area contributed by atoms with Crippen molar-refractivity contribution in [1.29, 1.82) is 0 Å². The van der Waals surface area contributed by atoms with Gasteiger partial charge < -0.3 is 0 Å². The SMILES string of the molecule is CC[C](C)(C(=O)O)[In]1[CH]=CCC(=O)[CH2]1. The number of carbonyl (C=O) groups is 2. The quantitative estimate of drug-likeness (QED) is 0.864. The Morgan fingerprint density at radius 2 is 2.36 bits per heavy atom. The molecule has 0 aromatic carbocycles. The second-order valence-electron chi connectivity index (χ2n) is 4.06. The van der Waals surface area contributed by atoms with E-state index in [-0.39, 0.29) is 5.78 Å². The minimum absolute atomic E-state index is 0.231. The van der Waals surface area contributed by atoms with Crippen LogP contribution in [0.1, 0.15) is 26.7 Å². The van der Waals surface area contributed by atoms with Gasteiger partial charge in [0.05, 0.1) is 0 Å². The van der Waals surface area contributed by atoms with Crippen LogP contribution in [0, 0.1) is 0 Å². The van der Waals surface area contributed by atoms with Gasteiger partial charge in [0.2, 0.25) is 0 Å². The first-order chi connectivity index (χ1) is 6.50. The van der Waals surface area contributed by atoms with Crippen LogP contribution in [-0.2, 0) is 9.59 Å². The standard InChI is InChI=1S/C5H9O2.C5H6O.In/c1-3-4(2)5(6)7;1-3-4-5(2)6;/h3H2,1-2H3,(H,6,7);1,3H,2,4H2;. The van der Waals surface area contributed by atoms with Crippen molar-refractivity contribution in [2.75, 3.05) is 0 Å². The Labute approximate surface area is 91.7 Å². The van der Waals surface area contributed by atoms with Crippen molar-refractivity contribution >= 4 is 33.2 Å². The van der Waals surface area contributed by atoms with Crippen LogP contribution in [0.25, 0.3) is 0 Å². The molecule has 1 aliphatic rings. The zero-order chi connectivity index (χ0) is 10.8. The van der Waals surface area contributed by atoms with Gasteiger partial charge in [0.1, 0.15) is 0 Å². The van der Waals surface area contributed by atoms with Crippen LogP contribution in [0.15, 0.2) is 9.91 Å². The third-order valence-corrected chi connectivity index (χ3v) is 14.4. The zero-order valence-electron chi connectivity index (χ0n) is 8.62. The molecule has 1 aliphatic heterocycles. The molecule has 0 aromatic heterocycles. The van der Waals surface area contributed by atoms with Crippen LogP contribution >= 0.6 is 0 Å². The topological polar surface area (TPSA) is 54.4 Å². The van der Waals surface area contributed by atoms with E-state index in [0.29, 0.717) is 17.0 Å². The maximum atomic E-state index is 11.3. The molecule has 1 heterocycles. The second-order valence-corrected chi connectivity index (χ2v) is 13.4. The Morgan fingerprint density at radius 1 is 1.71 bits per heavy atom. The number of hydrogen-bond donors (Lipinski definition) is 1. The third kappa shape index (κ3) is 2.22. The summed E-state index contributed by atoms with van der Waals surface area (Å²) in [5.41, 5.74) is 0. The predicted molar refractivity (Wildman–Crippen MR) is 55.6 cm³/mol. The fourth-order valence-electron chi connectivity index (χ4n) is 1.77. The molecule has 1 unspecified atom stereocenters. The molecule has 0 saturated carbocycles. The molecule has 4 heteroatoms. The summed E-state index contributed by atoms with van der Waals surface area (Å²) in [6.45, 7) is 3.71. The van der Waals surface area contributed by atoms with Crippen LogP contribution in [0.5, 0.6) is 0 Å². The molecule has 0 aliphatic carbocycles. The van der Waals surface area contributed by atoms with E-state index in [1.54, 1.807) is 6.92 Å². The molecular formula is C10H15InO3. The number of rotatable bonds is 3. The first-order valence-electron chi connectivity index (χ1n) is 4.92. The molecule has 3 nitrogen and oxygen atoms in total. The van der Waals surface area contributed by atoms with Gasteiger partial charge in [0.25, 0.3) is 0 Å². The van der Waals surface area contributed by atoms with Crippen molar-refractivity contribution in [2.45, 2.75) is 34.0 Å². The summed E-state index contributed by atoms with van der Waals surface area (Å²) in [5, 5.41) is 9.18. The van der Waals surface area contributed by atoms with Gasteiger partial charge in [0, 0.05) is 0 Å². The van der Waals surface area contributed by atoms with E-state index < -0.39 is 30.6 Å². The van der Waals surface area contributed by atoms with E-state index in [1.165, 1.54) is 0 Å². The summed E-state index contributed by atoms with van der Waals surface area (Å²) in [5.74, 6) is -0.491. The summed E-state index contributed by atoms with van der Waals surface area (Å²) in [4.78, 5) is 22.4. The number of Topliss-reactive ketones (excluding diaryl/α,β-unsaturated/α-hetero) is 1. The molecule has 1 N–H and O–H groups in total. The average Bonchev–Trinajstić information content (AvgIpc) is 2.16. The maximum absolute atomic E-state index is 11.3. The van der Waals surface area contributed by atoms with Gasteiger partial charge in [-0.2, -0.15) is 0 Å². The number of hydrogen-bond acceptors (Lipinski definition) is 2. The van der Waals surface area contributed by atoms with Crippen LogP contribution < -0.4 is 0 Å². The predicted octanol–water partition coefficient (Wildman–Crippen LogP) is 1.80.